The molecule has 0 saturated carbocycles. The second kappa shape index (κ2) is 7.79. The summed E-state index contributed by atoms with van der Waals surface area (Å²) in [7, 11) is 0. The van der Waals surface area contributed by atoms with Crippen LogP contribution >= 0.6 is 23.2 Å². The molecule has 1 aliphatic rings. The van der Waals surface area contributed by atoms with E-state index in [9.17, 15) is 9.59 Å². The van der Waals surface area contributed by atoms with Crippen LogP contribution in [-0.2, 0) is 12.1 Å². The minimum absolute atomic E-state index is 0.235. The summed E-state index contributed by atoms with van der Waals surface area (Å²) in [5, 5.41) is 13.4. The minimum Gasteiger partial charge on any atom is -0.399 e. The first-order chi connectivity index (χ1) is 14.7. The van der Waals surface area contributed by atoms with Crippen molar-refractivity contribution in [3.63, 3.8) is 0 Å². The van der Waals surface area contributed by atoms with E-state index in [-0.39, 0.29) is 18.5 Å². The number of nitrogen functional groups attached to an aromatic ring is 1. The number of nitrogens with two attached hydrogens (primary N) is 1. The molecule has 2 aromatic carbocycles. The first kappa shape index (κ1) is 21.0. The largest absolute Gasteiger partial charge is 0.399 e. The summed E-state index contributed by atoms with van der Waals surface area (Å²) >= 11 is 12.4. The maximum Gasteiger partial charge on any atom is 0.323 e. The van der Waals surface area contributed by atoms with Gasteiger partial charge in [-0.1, -0.05) is 35.3 Å². The molecule has 1 aliphatic heterocycles. The summed E-state index contributed by atoms with van der Waals surface area (Å²) in [5.74, 6) is 0.0201. The van der Waals surface area contributed by atoms with Gasteiger partial charge >= 0.3 is 6.03 Å². The van der Waals surface area contributed by atoms with Crippen LogP contribution in [0.25, 0.3) is 0 Å². The molecule has 3 amide bonds. The van der Waals surface area contributed by atoms with Crippen LogP contribution in [0.1, 0.15) is 35.5 Å². The fourth-order valence-electron chi connectivity index (χ4n) is 3.60. The molecular formula is C21H20Cl2N6O2. The Hall–Kier alpha value is -3.23. The third kappa shape index (κ3) is 3.80. The van der Waals surface area contributed by atoms with Crippen molar-refractivity contribution >= 4 is 52.3 Å². The highest BCUT2D eigenvalue weighted by atomic mass is 35.5. The topological polar surface area (TPSA) is 116 Å². The lowest BCUT2D eigenvalue weighted by molar-refractivity contribution is 0.102. The predicted molar refractivity (Wildman–Crippen MR) is 121 cm³/mol. The van der Waals surface area contributed by atoms with Crippen LogP contribution in [0.4, 0.5) is 22.0 Å². The van der Waals surface area contributed by atoms with Gasteiger partial charge in [-0.15, -0.1) is 0 Å². The van der Waals surface area contributed by atoms with Gasteiger partial charge in [0, 0.05) is 16.8 Å². The zero-order valence-corrected chi connectivity index (χ0v) is 18.3. The van der Waals surface area contributed by atoms with Crippen LogP contribution in [-0.4, -0.2) is 27.0 Å². The van der Waals surface area contributed by atoms with E-state index in [4.69, 9.17) is 28.9 Å². The van der Waals surface area contributed by atoms with Crippen molar-refractivity contribution in [1.82, 2.24) is 15.1 Å². The van der Waals surface area contributed by atoms with E-state index in [2.05, 4.69) is 20.8 Å². The molecule has 0 radical (unpaired) electrons. The summed E-state index contributed by atoms with van der Waals surface area (Å²) in [6, 6.07) is 11.3. The number of fused-ring (bicyclic) bond motifs is 1. The number of aromatic amines is 1. The van der Waals surface area contributed by atoms with Crippen LogP contribution in [0, 0.1) is 0 Å². The molecule has 2 heterocycles. The van der Waals surface area contributed by atoms with Crippen LogP contribution in [0.3, 0.4) is 0 Å². The lowest BCUT2D eigenvalue weighted by atomic mass is 10.0. The summed E-state index contributed by atoms with van der Waals surface area (Å²) < 4.78 is 0. The molecule has 8 nitrogen and oxygen atoms in total. The number of para-hydroxylation sites is 1. The molecule has 10 heteroatoms. The summed E-state index contributed by atoms with van der Waals surface area (Å²) in [6.07, 6.45) is 0. The minimum atomic E-state index is -0.708. The number of hydrogen-bond donors (Lipinski definition) is 4. The Morgan fingerprint density at radius 1 is 1.13 bits per heavy atom. The van der Waals surface area contributed by atoms with Crippen LogP contribution in [0.15, 0.2) is 42.5 Å². The number of nitrogens with zero attached hydrogens (tertiary/aromatic N) is 2. The van der Waals surface area contributed by atoms with Crippen molar-refractivity contribution in [2.75, 3.05) is 16.4 Å². The van der Waals surface area contributed by atoms with E-state index in [0.717, 1.165) is 11.3 Å². The van der Waals surface area contributed by atoms with E-state index in [1.165, 1.54) is 0 Å². The number of H-pyrrole nitrogens is 1. The van der Waals surface area contributed by atoms with Gasteiger partial charge in [-0.05, 0) is 44.2 Å². The number of carbonyl (C=O) groups excluding carboxylic acids is 2. The van der Waals surface area contributed by atoms with Gasteiger partial charge in [-0.3, -0.25) is 9.89 Å². The Morgan fingerprint density at radius 3 is 2.48 bits per heavy atom. The molecule has 0 spiro atoms. The number of nitrogens with one attached hydrogen (secondary N) is 3. The summed E-state index contributed by atoms with van der Waals surface area (Å²) in [6.45, 7) is 4.00. The van der Waals surface area contributed by atoms with Gasteiger partial charge in [0.1, 0.15) is 0 Å². The lowest BCUT2D eigenvalue weighted by Gasteiger charge is -2.32. The SMILES string of the molecule is CC1(C)c2[nH]nc(NC(=O)c3cccc(N)c3)c2CN1C(=O)Nc1c(Cl)cccc1Cl. The zero-order valence-electron chi connectivity index (χ0n) is 16.8. The zero-order chi connectivity index (χ0) is 22.3. The first-order valence-electron chi connectivity index (χ1n) is 9.45. The summed E-state index contributed by atoms with van der Waals surface area (Å²) in [5.41, 5.74) is 7.75. The Kier molecular flexibility index (Phi) is 5.28. The van der Waals surface area contributed by atoms with E-state index >= 15 is 0 Å². The number of rotatable bonds is 3. The van der Waals surface area contributed by atoms with Crippen molar-refractivity contribution in [3.05, 3.63) is 69.3 Å². The Morgan fingerprint density at radius 2 is 1.81 bits per heavy atom. The molecule has 31 heavy (non-hydrogen) atoms. The van der Waals surface area contributed by atoms with E-state index < -0.39 is 5.54 Å². The Labute approximate surface area is 188 Å². The molecule has 3 aromatic rings. The Bertz CT molecular complexity index is 1170. The fraction of sp³-hybridized carbons (Fsp3) is 0.190. The number of benzene rings is 2. The molecule has 0 unspecified atom stereocenters. The molecule has 5 N–H and O–H groups in total. The van der Waals surface area contributed by atoms with Crippen LogP contribution < -0.4 is 16.4 Å². The molecule has 0 fully saturated rings. The van der Waals surface area contributed by atoms with Crippen molar-refractivity contribution in [2.24, 2.45) is 0 Å². The quantitative estimate of drug-likeness (QED) is 0.420. The second-order valence-electron chi connectivity index (χ2n) is 7.68. The highest BCUT2D eigenvalue weighted by Gasteiger charge is 2.44. The normalized spacial score (nSPS) is 14.3. The Balaban J connectivity index is 1.56. The number of anilines is 3. The van der Waals surface area contributed by atoms with E-state index in [1.54, 1.807) is 47.4 Å². The third-order valence-electron chi connectivity index (χ3n) is 5.29. The molecule has 4 rings (SSSR count). The van der Waals surface area contributed by atoms with E-state index in [1.807, 2.05) is 13.8 Å². The monoisotopic (exact) mass is 458 g/mol. The smallest absolute Gasteiger partial charge is 0.323 e. The standard InChI is InChI=1S/C21H20Cl2N6O2/c1-21(2)17-13(10-29(21)20(31)25-16-14(22)7-4-8-15(16)23)18(28-27-17)26-19(30)11-5-3-6-12(24)9-11/h3-9H,10,24H2,1-2H3,(H,25,31)(H2,26,27,28,30). The number of halogens is 2. The molecular weight excluding hydrogens is 439 g/mol. The van der Waals surface area contributed by atoms with Gasteiger partial charge in [0.15, 0.2) is 5.82 Å². The maximum absolute atomic E-state index is 13.1. The van der Waals surface area contributed by atoms with E-state index in [0.29, 0.717) is 32.8 Å². The summed E-state index contributed by atoms with van der Waals surface area (Å²) in [4.78, 5) is 27.3. The number of carbonyl (C=O) groups is 2. The van der Waals surface area contributed by atoms with Gasteiger partial charge < -0.3 is 21.3 Å². The van der Waals surface area contributed by atoms with Gasteiger partial charge in [0.25, 0.3) is 5.91 Å². The predicted octanol–water partition coefficient (Wildman–Crippen LogP) is 4.83. The third-order valence-corrected chi connectivity index (χ3v) is 5.92. The average molecular weight is 459 g/mol. The number of hydrogen-bond acceptors (Lipinski definition) is 4. The second-order valence-corrected chi connectivity index (χ2v) is 8.49. The highest BCUT2D eigenvalue weighted by Crippen LogP contribution is 2.41. The maximum atomic E-state index is 13.1. The van der Waals surface area contributed by atoms with Gasteiger partial charge in [0.05, 0.1) is 33.5 Å². The fourth-order valence-corrected chi connectivity index (χ4v) is 4.09. The molecule has 1 aromatic heterocycles. The number of urea groups is 1. The molecule has 160 valence electrons. The highest BCUT2D eigenvalue weighted by molar-refractivity contribution is 6.39. The molecule has 0 saturated heterocycles. The molecule has 0 bridgehead atoms. The van der Waals surface area contributed by atoms with Crippen LogP contribution in [0.2, 0.25) is 10.0 Å². The van der Waals surface area contributed by atoms with Crippen molar-refractivity contribution in [2.45, 2.75) is 25.9 Å². The van der Waals surface area contributed by atoms with Crippen LogP contribution in [0.5, 0.6) is 0 Å². The molecule has 0 atom stereocenters. The average Bonchev–Trinajstić information content (AvgIpc) is 3.23. The first-order valence-corrected chi connectivity index (χ1v) is 10.2. The number of aromatic nitrogens is 2. The van der Waals surface area contributed by atoms with Gasteiger partial charge in [0.2, 0.25) is 0 Å². The van der Waals surface area contributed by atoms with Crippen molar-refractivity contribution in [1.29, 1.82) is 0 Å². The van der Waals surface area contributed by atoms with Crippen molar-refractivity contribution in [3.8, 4) is 0 Å². The lowest BCUT2D eigenvalue weighted by Crippen LogP contribution is -2.43. The van der Waals surface area contributed by atoms with Gasteiger partial charge in [-0.25, -0.2) is 4.79 Å². The van der Waals surface area contributed by atoms with Gasteiger partial charge in [-0.2, -0.15) is 5.10 Å². The number of amides is 3. The van der Waals surface area contributed by atoms with Crippen molar-refractivity contribution < 1.29 is 9.59 Å². The molecule has 0 aliphatic carbocycles.